The summed E-state index contributed by atoms with van der Waals surface area (Å²) in [6, 6.07) is 2.22. The first kappa shape index (κ1) is 14.5. The van der Waals surface area contributed by atoms with Crippen LogP contribution in [0.3, 0.4) is 0 Å². The summed E-state index contributed by atoms with van der Waals surface area (Å²) in [5.41, 5.74) is 0. The SMILES string of the molecule is CN(CCNCC1CCCC1)Cc1cc(Br)cs1. The summed E-state index contributed by atoms with van der Waals surface area (Å²) >= 11 is 5.33. The molecule has 1 N–H and O–H groups in total. The van der Waals surface area contributed by atoms with Gasteiger partial charge in [0.2, 0.25) is 0 Å². The van der Waals surface area contributed by atoms with Crippen molar-refractivity contribution in [3.63, 3.8) is 0 Å². The lowest BCUT2D eigenvalue weighted by molar-refractivity contribution is 0.322. The fourth-order valence-corrected chi connectivity index (χ4v) is 4.10. The molecule has 1 aliphatic rings. The zero-order chi connectivity index (χ0) is 12.8. The molecule has 0 atom stereocenters. The minimum atomic E-state index is 0.948. The summed E-state index contributed by atoms with van der Waals surface area (Å²) in [6.07, 6.45) is 5.76. The van der Waals surface area contributed by atoms with Crippen LogP contribution in [0.15, 0.2) is 15.9 Å². The molecule has 0 spiro atoms. The zero-order valence-corrected chi connectivity index (χ0v) is 13.5. The van der Waals surface area contributed by atoms with Crippen LogP contribution < -0.4 is 5.32 Å². The minimum Gasteiger partial charge on any atom is -0.315 e. The van der Waals surface area contributed by atoms with Crippen molar-refractivity contribution in [1.29, 1.82) is 0 Å². The number of nitrogens with zero attached hydrogens (tertiary/aromatic N) is 1. The second-order valence-electron chi connectivity index (χ2n) is 5.32. The molecule has 0 bridgehead atoms. The molecular weight excluding hydrogens is 308 g/mol. The molecule has 0 radical (unpaired) electrons. The summed E-state index contributed by atoms with van der Waals surface area (Å²) in [6.45, 7) is 4.52. The van der Waals surface area contributed by atoms with Gasteiger partial charge in [0, 0.05) is 34.4 Å². The number of hydrogen-bond acceptors (Lipinski definition) is 3. The predicted molar refractivity (Wildman–Crippen MR) is 83.2 cm³/mol. The van der Waals surface area contributed by atoms with E-state index in [0.717, 1.165) is 25.6 Å². The monoisotopic (exact) mass is 330 g/mol. The fraction of sp³-hybridized carbons (Fsp3) is 0.714. The smallest absolute Gasteiger partial charge is 0.0325 e. The highest BCUT2D eigenvalue weighted by molar-refractivity contribution is 9.10. The molecule has 102 valence electrons. The van der Waals surface area contributed by atoms with Crippen LogP contribution in [-0.2, 0) is 6.54 Å². The van der Waals surface area contributed by atoms with Gasteiger partial charge in [-0.15, -0.1) is 11.3 Å². The Kier molecular flexibility index (Phi) is 6.15. The van der Waals surface area contributed by atoms with Gasteiger partial charge in [-0.3, -0.25) is 0 Å². The standard InChI is InChI=1S/C14H23BrN2S/c1-17(10-14-8-13(15)11-18-14)7-6-16-9-12-4-2-3-5-12/h8,11-12,16H,2-7,9-10H2,1H3. The number of likely N-dealkylation sites (N-methyl/N-ethyl adjacent to an activating group) is 1. The van der Waals surface area contributed by atoms with Crippen LogP contribution in [0.2, 0.25) is 0 Å². The first-order valence-electron chi connectivity index (χ1n) is 6.86. The van der Waals surface area contributed by atoms with E-state index in [1.165, 1.54) is 41.6 Å². The van der Waals surface area contributed by atoms with Gasteiger partial charge in [0.1, 0.15) is 0 Å². The van der Waals surface area contributed by atoms with E-state index in [9.17, 15) is 0 Å². The molecule has 0 unspecified atom stereocenters. The Morgan fingerprint density at radius 3 is 2.89 bits per heavy atom. The molecule has 1 aromatic rings. The Morgan fingerprint density at radius 2 is 2.22 bits per heavy atom. The number of thiophene rings is 1. The molecule has 4 heteroatoms. The van der Waals surface area contributed by atoms with Crippen LogP contribution in [0.1, 0.15) is 30.6 Å². The lowest BCUT2D eigenvalue weighted by atomic mass is 10.1. The summed E-state index contributed by atoms with van der Waals surface area (Å²) in [5.74, 6) is 0.948. The van der Waals surface area contributed by atoms with E-state index in [-0.39, 0.29) is 0 Å². The third-order valence-corrected chi connectivity index (χ3v) is 5.31. The van der Waals surface area contributed by atoms with Crippen LogP contribution in [-0.4, -0.2) is 31.6 Å². The van der Waals surface area contributed by atoms with Crippen LogP contribution in [0.4, 0.5) is 0 Å². The van der Waals surface area contributed by atoms with Gasteiger partial charge in [0.25, 0.3) is 0 Å². The summed E-state index contributed by atoms with van der Waals surface area (Å²) in [7, 11) is 2.20. The van der Waals surface area contributed by atoms with Crippen molar-refractivity contribution in [1.82, 2.24) is 10.2 Å². The molecule has 2 rings (SSSR count). The molecule has 0 aliphatic heterocycles. The zero-order valence-electron chi connectivity index (χ0n) is 11.1. The Balaban J connectivity index is 1.55. The Labute approximate surface area is 123 Å². The molecule has 1 aromatic heterocycles. The van der Waals surface area contributed by atoms with Crippen molar-refractivity contribution in [2.24, 2.45) is 5.92 Å². The van der Waals surface area contributed by atoms with Crippen molar-refractivity contribution in [3.05, 3.63) is 20.8 Å². The van der Waals surface area contributed by atoms with Gasteiger partial charge >= 0.3 is 0 Å². The molecular formula is C14H23BrN2S. The highest BCUT2D eigenvalue weighted by Crippen LogP contribution is 2.23. The predicted octanol–water partition coefficient (Wildman–Crippen LogP) is 3.72. The molecule has 0 aromatic carbocycles. The molecule has 0 amide bonds. The highest BCUT2D eigenvalue weighted by Gasteiger charge is 2.13. The van der Waals surface area contributed by atoms with Crippen molar-refractivity contribution in [2.45, 2.75) is 32.2 Å². The highest BCUT2D eigenvalue weighted by atomic mass is 79.9. The number of rotatable bonds is 7. The van der Waals surface area contributed by atoms with Crippen LogP contribution in [0, 0.1) is 5.92 Å². The molecule has 1 heterocycles. The largest absolute Gasteiger partial charge is 0.315 e. The van der Waals surface area contributed by atoms with Crippen molar-refractivity contribution >= 4 is 27.3 Å². The second-order valence-corrected chi connectivity index (χ2v) is 7.24. The number of hydrogen-bond donors (Lipinski definition) is 1. The Hall–Kier alpha value is 0.1000. The van der Waals surface area contributed by atoms with Gasteiger partial charge in [-0.2, -0.15) is 0 Å². The summed E-state index contributed by atoms with van der Waals surface area (Å²) in [4.78, 5) is 3.82. The van der Waals surface area contributed by atoms with E-state index in [1.54, 1.807) is 0 Å². The average Bonchev–Trinajstić information content (AvgIpc) is 2.96. The maximum Gasteiger partial charge on any atom is 0.0325 e. The van der Waals surface area contributed by atoms with Gasteiger partial charge in [-0.05, 0) is 54.3 Å². The number of halogens is 1. The van der Waals surface area contributed by atoms with Crippen molar-refractivity contribution in [2.75, 3.05) is 26.7 Å². The maximum absolute atomic E-state index is 3.60. The topological polar surface area (TPSA) is 15.3 Å². The Morgan fingerprint density at radius 1 is 1.44 bits per heavy atom. The van der Waals surface area contributed by atoms with Gasteiger partial charge in [0.05, 0.1) is 0 Å². The normalized spacial score (nSPS) is 16.8. The Bertz CT molecular complexity index is 347. The van der Waals surface area contributed by atoms with Gasteiger partial charge < -0.3 is 10.2 Å². The van der Waals surface area contributed by atoms with Crippen molar-refractivity contribution < 1.29 is 0 Å². The molecule has 2 nitrogen and oxygen atoms in total. The molecule has 1 saturated carbocycles. The van der Waals surface area contributed by atoms with E-state index in [4.69, 9.17) is 0 Å². The minimum absolute atomic E-state index is 0.948. The fourth-order valence-electron chi connectivity index (χ4n) is 2.57. The first-order valence-corrected chi connectivity index (χ1v) is 8.53. The molecule has 1 aliphatic carbocycles. The van der Waals surface area contributed by atoms with Crippen LogP contribution >= 0.6 is 27.3 Å². The second kappa shape index (κ2) is 7.63. The first-order chi connectivity index (χ1) is 8.74. The van der Waals surface area contributed by atoms with Crippen LogP contribution in [0.5, 0.6) is 0 Å². The molecule has 18 heavy (non-hydrogen) atoms. The van der Waals surface area contributed by atoms with E-state index in [0.29, 0.717) is 0 Å². The summed E-state index contributed by atoms with van der Waals surface area (Å²) in [5, 5.41) is 5.76. The quantitative estimate of drug-likeness (QED) is 0.766. The van der Waals surface area contributed by atoms with E-state index in [2.05, 4.69) is 44.6 Å². The third-order valence-electron chi connectivity index (χ3n) is 3.63. The molecule has 0 saturated heterocycles. The van der Waals surface area contributed by atoms with Crippen molar-refractivity contribution in [3.8, 4) is 0 Å². The maximum atomic E-state index is 3.60. The lowest BCUT2D eigenvalue weighted by Gasteiger charge is -2.17. The van der Waals surface area contributed by atoms with E-state index < -0.39 is 0 Å². The van der Waals surface area contributed by atoms with Crippen LogP contribution in [0.25, 0.3) is 0 Å². The van der Waals surface area contributed by atoms with Gasteiger partial charge in [-0.1, -0.05) is 12.8 Å². The van der Waals surface area contributed by atoms with Gasteiger partial charge in [0.15, 0.2) is 0 Å². The molecule has 1 fully saturated rings. The summed E-state index contributed by atoms with van der Waals surface area (Å²) < 4.78 is 1.20. The average molecular weight is 331 g/mol. The number of nitrogens with one attached hydrogen (secondary N) is 1. The van der Waals surface area contributed by atoms with E-state index in [1.807, 2.05) is 11.3 Å². The third kappa shape index (κ3) is 5.00. The lowest BCUT2D eigenvalue weighted by Crippen LogP contribution is -2.31. The van der Waals surface area contributed by atoms with E-state index >= 15 is 0 Å². The van der Waals surface area contributed by atoms with Gasteiger partial charge in [-0.25, -0.2) is 0 Å².